The second-order valence-electron chi connectivity index (χ2n) is 5.03. The summed E-state index contributed by atoms with van der Waals surface area (Å²) in [6.45, 7) is 5.07. The third-order valence-electron chi connectivity index (χ3n) is 3.29. The zero-order valence-corrected chi connectivity index (χ0v) is 13.1. The fraction of sp³-hybridized carbons (Fsp3) is 0.615. The molecule has 1 aliphatic rings. The number of nitrogens with one attached hydrogen (secondary N) is 1. The second kappa shape index (κ2) is 6.38. The molecule has 0 atom stereocenters. The normalized spacial score (nSPS) is 14.4. The van der Waals surface area contributed by atoms with E-state index in [1.807, 2.05) is 4.68 Å². The lowest BCUT2D eigenvalue weighted by atomic mass is 10.2. The lowest BCUT2D eigenvalue weighted by Crippen LogP contribution is -2.06. The van der Waals surface area contributed by atoms with Gasteiger partial charge in [0.15, 0.2) is 0 Å². The first-order valence-electron chi connectivity index (χ1n) is 7.37. The molecule has 1 aliphatic carbocycles. The van der Waals surface area contributed by atoms with Crippen LogP contribution in [0, 0.1) is 0 Å². The average Bonchev–Trinajstić information content (AvgIpc) is 3.23. The maximum atomic E-state index is 4.44. The largest absolute Gasteiger partial charge is 0.370 e. The predicted octanol–water partition coefficient (Wildman–Crippen LogP) is 2.33. The lowest BCUT2D eigenvalue weighted by molar-refractivity contribution is 0.565. The van der Waals surface area contributed by atoms with Crippen molar-refractivity contribution < 1.29 is 0 Å². The van der Waals surface area contributed by atoms with Crippen LogP contribution in [0.5, 0.6) is 0 Å². The van der Waals surface area contributed by atoms with E-state index in [4.69, 9.17) is 0 Å². The van der Waals surface area contributed by atoms with Crippen LogP contribution >= 0.6 is 11.8 Å². The fourth-order valence-corrected chi connectivity index (χ4v) is 3.12. The molecule has 1 fully saturated rings. The van der Waals surface area contributed by atoms with Gasteiger partial charge in [-0.1, -0.05) is 13.3 Å². The minimum Gasteiger partial charge on any atom is -0.370 e. The SMILES string of the molecule is CCCc1c(NCC)ncnc1Sc1nnnn1C1CC1. The number of aromatic nitrogens is 6. The highest BCUT2D eigenvalue weighted by atomic mass is 32.2. The van der Waals surface area contributed by atoms with Crippen molar-refractivity contribution >= 4 is 17.6 Å². The van der Waals surface area contributed by atoms with Crippen molar-refractivity contribution in [3.05, 3.63) is 11.9 Å². The number of hydrogen-bond donors (Lipinski definition) is 1. The van der Waals surface area contributed by atoms with E-state index in [2.05, 4.69) is 44.7 Å². The van der Waals surface area contributed by atoms with Crippen molar-refractivity contribution in [1.82, 2.24) is 30.2 Å². The number of anilines is 1. The molecule has 2 heterocycles. The van der Waals surface area contributed by atoms with Crippen molar-refractivity contribution in [2.24, 2.45) is 0 Å². The van der Waals surface area contributed by atoms with E-state index >= 15 is 0 Å². The molecule has 112 valence electrons. The Hall–Kier alpha value is -1.70. The predicted molar refractivity (Wildman–Crippen MR) is 80.4 cm³/mol. The maximum absolute atomic E-state index is 4.44. The van der Waals surface area contributed by atoms with Crippen molar-refractivity contribution in [3.63, 3.8) is 0 Å². The zero-order chi connectivity index (χ0) is 14.7. The quantitative estimate of drug-likeness (QED) is 0.786. The summed E-state index contributed by atoms with van der Waals surface area (Å²) in [7, 11) is 0. The van der Waals surface area contributed by atoms with Crippen LogP contribution in [0.3, 0.4) is 0 Å². The van der Waals surface area contributed by atoms with Gasteiger partial charge >= 0.3 is 0 Å². The van der Waals surface area contributed by atoms with Gasteiger partial charge in [0.1, 0.15) is 17.2 Å². The Morgan fingerprint density at radius 2 is 2.19 bits per heavy atom. The molecule has 0 aliphatic heterocycles. The Morgan fingerprint density at radius 3 is 2.90 bits per heavy atom. The van der Waals surface area contributed by atoms with Crippen LogP contribution in [0.15, 0.2) is 16.5 Å². The van der Waals surface area contributed by atoms with Crippen molar-refractivity contribution in [2.45, 2.75) is 55.8 Å². The van der Waals surface area contributed by atoms with E-state index in [1.165, 1.54) is 11.8 Å². The van der Waals surface area contributed by atoms with Crippen LogP contribution in [0.25, 0.3) is 0 Å². The van der Waals surface area contributed by atoms with Crippen molar-refractivity contribution in [1.29, 1.82) is 0 Å². The van der Waals surface area contributed by atoms with Crippen LogP contribution in [0.4, 0.5) is 5.82 Å². The first-order valence-corrected chi connectivity index (χ1v) is 8.18. The van der Waals surface area contributed by atoms with E-state index in [9.17, 15) is 0 Å². The summed E-state index contributed by atoms with van der Waals surface area (Å²) in [5.74, 6) is 0.919. The molecule has 2 aromatic rings. The highest BCUT2D eigenvalue weighted by molar-refractivity contribution is 7.99. The summed E-state index contributed by atoms with van der Waals surface area (Å²) in [5, 5.41) is 17.1. The topological polar surface area (TPSA) is 81.4 Å². The highest BCUT2D eigenvalue weighted by Gasteiger charge is 2.28. The molecule has 0 amide bonds. The van der Waals surface area contributed by atoms with Gasteiger partial charge in [-0.05, 0) is 48.4 Å². The van der Waals surface area contributed by atoms with Crippen molar-refractivity contribution in [3.8, 4) is 0 Å². The number of nitrogens with zero attached hydrogens (tertiary/aromatic N) is 6. The van der Waals surface area contributed by atoms with Crippen LogP contribution in [0.2, 0.25) is 0 Å². The fourth-order valence-electron chi connectivity index (χ4n) is 2.17. The first kappa shape index (κ1) is 14.2. The van der Waals surface area contributed by atoms with Crippen LogP contribution in [0.1, 0.15) is 44.7 Å². The number of rotatable bonds is 7. The molecule has 1 N–H and O–H groups in total. The molecule has 3 rings (SSSR count). The molecule has 7 nitrogen and oxygen atoms in total. The summed E-state index contributed by atoms with van der Waals surface area (Å²) in [5.41, 5.74) is 1.15. The van der Waals surface area contributed by atoms with E-state index in [0.29, 0.717) is 6.04 Å². The van der Waals surface area contributed by atoms with Crippen LogP contribution in [-0.2, 0) is 6.42 Å². The monoisotopic (exact) mass is 305 g/mol. The van der Waals surface area contributed by atoms with Gasteiger partial charge in [0.05, 0.1) is 6.04 Å². The van der Waals surface area contributed by atoms with Gasteiger partial charge in [-0.2, -0.15) is 0 Å². The van der Waals surface area contributed by atoms with Crippen LogP contribution < -0.4 is 5.32 Å². The molecule has 0 radical (unpaired) electrons. The van der Waals surface area contributed by atoms with E-state index in [1.54, 1.807) is 6.33 Å². The standard InChI is InChI=1S/C13H19N7S/c1-3-5-10-11(14-4-2)15-8-16-12(10)21-13-17-18-19-20(13)9-6-7-9/h8-9H,3-7H2,1-2H3,(H,14,15,16). The number of hydrogen-bond acceptors (Lipinski definition) is 7. The Labute approximate surface area is 127 Å². The molecule has 0 aromatic carbocycles. The Morgan fingerprint density at radius 1 is 1.33 bits per heavy atom. The zero-order valence-electron chi connectivity index (χ0n) is 12.3. The van der Waals surface area contributed by atoms with E-state index in [0.717, 1.165) is 53.8 Å². The molecular formula is C13H19N7S. The molecule has 8 heteroatoms. The Kier molecular flexibility index (Phi) is 4.33. The minimum absolute atomic E-state index is 0.465. The maximum Gasteiger partial charge on any atom is 0.215 e. The van der Waals surface area contributed by atoms with Crippen LogP contribution in [-0.4, -0.2) is 36.7 Å². The molecule has 0 bridgehead atoms. The second-order valence-corrected chi connectivity index (χ2v) is 5.98. The summed E-state index contributed by atoms with van der Waals surface area (Å²) in [6.07, 6.45) is 5.91. The Balaban J connectivity index is 1.89. The molecular weight excluding hydrogens is 286 g/mol. The van der Waals surface area contributed by atoms with Gasteiger partial charge in [0, 0.05) is 12.1 Å². The third-order valence-corrected chi connectivity index (χ3v) is 4.29. The van der Waals surface area contributed by atoms with E-state index in [-0.39, 0.29) is 0 Å². The summed E-state index contributed by atoms with van der Waals surface area (Å²) in [4.78, 5) is 8.79. The van der Waals surface area contributed by atoms with Gasteiger partial charge in [-0.25, -0.2) is 14.6 Å². The molecule has 1 saturated carbocycles. The summed E-state index contributed by atoms with van der Waals surface area (Å²) in [6, 6.07) is 0.465. The minimum atomic E-state index is 0.465. The van der Waals surface area contributed by atoms with Gasteiger partial charge in [0.25, 0.3) is 0 Å². The molecule has 0 saturated heterocycles. The van der Waals surface area contributed by atoms with Gasteiger partial charge in [-0.15, -0.1) is 5.10 Å². The molecule has 0 unspecified atom stereocenters. The lowest BCUT2D eigenvalue weighted by Gasteiger charge is -2.12. The first-order chi connectivity index (χ1) is 10.3. The molecule has 2 aromatic heterocycles. The smallest absolute Gasteiger partial charge is 0.215 e. The van der Waals surface area contributed by atoms with Gasteiger partial charge in [0.2, 0.25) is 5.16 Å². The summed E-state index contributed by atoms with van der Waals surface area (Å²) < 4.78 is 1.91. The van der Waals surface area contributed by atoms with Gasteiger partial charge < -0.3 is 5.32 Å². The Bertz CT molecular complexity index is 608. The molecule has 0 spiro atoms. The summed E-state index contributed by atoms with van der Waals surface area (Å²) >= 11 is 1.53. The van der Waals surface area contributed by atoms with E-state index < -0.39 is 0 Å². The third kappa shape index (κ3) is 3.15. The van der Waals surface area contributed by atoms with Crippen molar-refractivity contribution in [2.75, 3.05) is 11.9 Å². The van der Waals surface area contributed by atoms with Gasteiger partial charge in [-0.3, -0.25) is 0 Å². The molecule has 21 heavy (non-hydrogen) atoms. The average molecular weight is 305 g/mol. The number of tetrazole rings is 1. The highest BCUT2D eigenvalue weighted by Crippen LogP contribution is 2.38.